The summed E-state index contributed by atoms with van der Waals surface area (Å²) in [6.07, 6.45) is 2.14. The topological polar surface area (TPSA) is 97.1 Å². The van der Waals surface area contributed by atoms with Gasteiger partial charge in [-0.3, -0.25) is 9.59 Å². The first-order valence-corrected chi connectivity index (χ1v) is 6.52. The molecule has 110 valence electrons. The van der Waals surface area contributed by atoms with Crippen molar-refractivity contribution in [1.82, 2.24) is 14.8 Å². The quantitative estimate of drug-likeness (QED) is 0.842. The Morgan fingerprint density at radius 1 is 1.24 bits per heavy atom. The Balaban J connectivity index is 1.92. The standard InChI is InChI=1S/C14H16N4O3/c1-18-9-15-17-14(18)10-5-7-11(8-6-10)16-12(19)3-2-4-13(20)21/h5-9H,2-4H2,1H3,(H,16,19)(H,20,21). The van der Waals surface area contributed by atoms with Crippen LogP contribution in [0, 0.1) is 0 Å². The van der Waals surface area contributed by atoms with Gasteiger partial charge in [0.2, 0.25) is 5.91 Å². The van der Waals surface area contributed by atoms with Crippen molar-refractivity contribution in [3.63, 3.8) is 0 Å². The molecule has 2 N–H and O–H groups in total. The number of aromatic nitrogens is 3. The van der Waals surface area contributed by atoms with Crippen LogP contribution in [0.15, 0.2) is 30.6 Å². The van der Waals surface area contributed by atoms with Crippen molar-refractivity contribution in [3.05, 3.63) is 30.6 Å². The Hall–Kier alpha value is -2.70. The van der Waals surface area contributed by atoms with Gasteiger partial charge in [-0.2, -0.15) is 0 Å². The molecule has 2 rings (SSSR count). The van der Waals surface area contributed by atoms with Gasteiger partial charge in [0, 0.05) is 31.1 Å². The van der Waals surface area contributed by atoms with Gasteiger partial charge in [0.05, 0.1) is 0 Å². The molecule has 1 aromatic carbocycles. The van der Waals surface area contributed by atoms with Crippen LogP contribution in [-0.2, 0) is 16.6 Å². The van der Waals surface area contributed by atoms with Crippen LogP contribution >= 0.6 is 0 Å². The largest absolute Gasteiger partial charge is 0.481 e. The van der Waals surface area contributed by atoms with Gasteiger partial charge in [-0.05, 0) is 30.7 Å². The minimum absolute atomic E-state index is 0.00147. The number of carbonyl (C=O) groups is 2. The lowest BCUT2D eigenvalue weighted by Crippen LogP contribution is -2.11. The fraction of sp³-hybridized carbons (Fsp3) is 0.286. The highest BCUT2D eigenvalue weighted by molar-refractivity contribution is 5.91. The van der Waals surface area contributed by atoms with E-state index in [2.05, 4.69) is 15.5 Å². The molecule has 7 heteroatoms. The first-order valence-electron chi connectivity index (χ1n) is 6.52. The summed E-state index contributed by atoms with van der Waals surface area (Å²) in [6, 6.07) is 7.24. The number of aliphatic carboxylic acids is 1. The van der Waals surface area contributed by atoms with E-state index in [0.29, 0.717) is 12.1 Å². The number of hydrogen-bond donors (Lipinski definition) is 2. The zero-order chi connectivity index (χ0) is 15.2. The molecule has 2 aromatic rings. The van der Waals surface area contributed by atoms with E-state index in [0.717, 1.165) is 11.4 Å². The van der Waals surface area contributed by atoms with Crippen molar-refractivity contribution < 1.29 is 14.7 Å². The summed E-state index contributed by atoms with van der Waals surface area (Å²) < 4.78 is 1.81. The third-order valence-corrected chi connectivity index (χ3v) is 2.93. The molecule has 0 aliphatic rings. The molecule has 1 aromatic heterocycles. The molecule has 0 aliphatic heterocycles. The highest BCUT2D eigenvalue weighted by Crippen LogP contribution is 2.18. The van der Waals surface area contributed by atoms with Gasteiger partial charge in [0.25, 0.3) is 0 Å². The fourth-order valence-electron chi connectivity index (χ4n) is 1.87. The highest BCUT2D eigenvalue weighted by atomic mass is 16.4. The SMILES string of the molecule is Cn1cnnc1-c1ccc(NC(=O)CCCC(=O)O)cc1. The number of anilines is 1. The van der Waals surface area contributed by atoms with E-state index in [1.54, 1.807) is 23.0 Å². The summed E-state index contributed by atoms with van der Waals surface area (Å²) in [7, 11) is 1.85. The zero-order valence-electron chi connectivity index (χ0n) is 11.6. The van der Waals surface area contributed by atoms with Gasteiger partial charge in [-0.1, -0.05) is 0 Å². The van der Waals surface area contributed by atoms with Gasteiger partial charge in [-0.25, -0.2) is 0 Å². The van der Waals surface area contributed by atoms with Crippen molar-refractivity contribution in [2.24, 2.45) is 7.05 Å². The van der Waals surface area contributed by atoms with Crippen LogP contribution in [0.4, 0.5) is 5.69 Å². The molecular formula is C14H16N4O3. The summed E-state index contributed by atoms with van der Waals surface area (Å²) >= 11 is 0. The van der Waals surface area contributed by atoms with Crippen molar-refractivity contribution in [1.29, 1.82) is 0 Å². The second-order valence-corrected chi connectivity index (χ2v) is 4.64. The first-order chi connectivity index (χ1) is 10.1. The number of amides is 1. The number of carboxylic acids is 1. The molecule has 21 heavy (non-hydrogen) atoms. The predicted molar refractivity (Wildman–Crippen MR) is 76.6 cm³/mol. The van der Waals surface area contributed by atoms with Crippen molar-refractivity contribution >= 4 is 17.6 Å². The van der Waals surface area contributed by atoms with E-state index in [1.807, 2.05) is 19.2 Å². The van der Waals surface area contributed by atoms with Gasteiger partial charge < -0.3 is 15.0 Å². The molecule has 0 bridgehead atoms. The van der Waals surface area contributed by atoms with Gasteiger partial charge in [0.15, 0.2) is 5.82 Å². The van der Waals surface area contributed by atoms with Gasteiger partial charge >= 0.3 is 5.97 Å². The number of aryl methyl sites for hydroxylation is 1. The van der Waals surface area contributed by atoms with Crippen molar-refractivity contribution in [2.75, 3.05) is 5.32 Å². The monoisotopic (exact) mass is 288 g/mol. The van der Waals surface area contributed by atoms with Crippen molar-refractivity contribution in [2.45, 2.75) is 19.3 Å². The molecule has 0 radical (unpaired) electrons. The second kappa shape index (κ2) is 6.65. The summed E-state index contributed by atoms with van der Waals surface area (Å²) in [6.45, 7) is 0. The smallest absolute Gasteiger partial charge is 0.303 e. The van der Waals surface area contributed by atoms with Crippen molar-refractivity contribution in [3.8, 4) is 11.4 Å². The Bertz CT molecular complexity index is 634. The Morgan fingerprint density at radius 2 is 1.95 bits per heavy atom. The van der Waals surface area contributed by atoms with Crippen LogP contribution in [0.5, 0.6) is 0 Å². The molecule has 0 unspecified atom stereocenters. The normalized spacial score (nSPS) is 10.3. The molecule has 7 nitrogen and oxygen atoms in total. The second-order valence-electron chi connectivity index (χ2n) is 4.64. The summed E-state index contributed by atoms with van der Waals surface area (Å²) in [5, 5.41) is 19.1. The van der Waals surface area contributed by atoms with E-state index in [1.165, 1.54) is 0 Å². The third kappa shape index (κ3) is 4.13. The Labute approximate surface area is 121 Å². The summed E-state index contributed by atoms with van der Waals surface area (Å²) in [5.74, 6) is -0.340. The van der Waals surface area contributed by atoms with Gasteiger partial charge in [0.1, 0.15) is 6.33 Å². The van der Waals surface area contributed by atoms with E-state index < -0.39 is 5.97 Å². The van der Waals surface area contributed by atoms with Crippen LogP contribution in [0.1, 0.15) is 19.3 Å². The molecule has 0 saturated carbocycles. The average Bonchev–Trinajstić information content (AvgIpc) is 2.85. The maximum absolute atomic E-state index is 11.6. The number of benzene rings is 1. The number of carboxylic acid groups (broad SMARTS) is 1. The average molecular weight is 288 g/mol. The molecule has 0 saturated heterocycles. The van der Waals surface area contributed by atoms with Crippen LogP contribution < -0.4 is 5.32 Å². The number of hydrogen-bond acceptors (Lipinski definition) is 4. The number of nitrogens with zero attached hydrogens (tertiary/aromatic N) is 3. The number of carbonyl (C=O) groups excluding carboxylic acids is 1. The fourth-order valence-corrected chi connectivity index (χ4v) is 1.87. The predicted octanol–water partition coefficient (Wildman–Crippen LogP) is 1.68. The zero-order valence-corrected chi connectivity index (χ0v) is 11.6. The van der Waals surface area contributed by atoms with Crippen LogP contribution in [-0.4, -0.2) is 31.7 Å². The minimum Gasteiger partial charge on any atom is -0.481 e. The lowest BCUT2D eigenvalue weighted by molar-refractivity contribution is -0.137. The van der Waals surface area contributed by atoms with Gasteiger partial charge in [-0.15, -0.1) is 10.2 Å². The molecule has 1 heterocycles. The van der Waals surface area contributed by atoms with E-state index in [4.69, 9.17) is 5.11 Å². The van der Waals surface area contributed by atoms with E-state index >= 15 is 0 Å². The molecular weight excluding hydrogens is 272 g/mol. The summed E-state index contributed by atoms with van der Waals surface area (Å²) in [5.41, 5.74) is 1.57. The van der Waals surface area contributed by atoms with E-state index in [-0.39, 0.29) is 18.7 Å². The third-order valence-electron chi connectivity index (χ3n) is 2.93. The maximum Gasteiger partial charge on any atom is 0.303 e. The van der Waals surface area contributed by atoms with Crippen LogP contribution in [0.25, 0.3) is 11.4 Å². The Morgan fingerprint density at radius 3 is 2.52 bits per heavy atom. The highest BCUT2D eigenvalue weighted by Gasteiger charge is 2.07. The maximum atomic E-state index is 11.6. The molecule has 1 amide bonds. The number of rotatable bonds is 6. The molecule has 0 aliphatic carbocycles. The first kappa shape index (κ1) is 14.7. The lowest BCUT2D eigenvalue weighted by Gasteiger charge is -2.06. The van der Waals surface area contributed by atoms with Crippen LogP contribution in [0.2, 0.25) is 0 Å². The minimum atomic E-state index is -0.893. The number of nitrogens with one attached hydrogen (secondary N) is 1. The molecule has 0 atom stereocenters. The van der Waals surface area contributed by atoms with E-state index in [9.17, 15) is 9.59 Å². The Kier molecular flexibility index (Phi) is 4.65. The lowest BCUT2D eigenvalue weighted by atomic mass is 10.2. The molecule has 0 fully saturated rings. The summed E-state index contributed by atoms with van der Waals surface area (Å²) in [4.78, 5) is 22.0. The molecule has 0 spiro atoms. The van der Waals surface area contributed by atoms with Crippen LogP contribution in [0.3, 0.4) is 0 Å².